The molecule has 7 nitrogen and oxygen atoms in total. The first-order chi connectivity index (χ1) is 12.9. The van der Waals surface area contributed by atoms with Crippen molar-refractivity contribution < 1.29 is 18.0 Å². The van der Waals surface area contributed by atoms with Gasteiger partial charge < -0.3 is 10.6 Å². The van der Waals surface area contributed by atoms with Gasteiger partial charge in [-0.1, -0.05) is 12.8 Å². The molecule has 2 aliphatic rings. The third-order valence-corrected chi connectivity index (χ3v) is 7.33. The molecule has 8 heteroatoms. The van der Waals surface area contributed by atoms with Crippen molar-refractivity contribution in [2.45, 2.75) is 43.4 Å². The Morgan fingerprint density at radius 3 is 2.15 bits per heavy atom. The third kappa shape index (κ3) is 4.50. The van der Waals surface area contributed by atoms with Gasteiger partial charge in [-0.05, 0) is 49.9 Å². The van der Waals surface area contributed by atoms with Gasteiger partial charge in [-0.25, -0.2) is 8.42 Å². The van der Waals surface area contributed by atoms with Crippen LogP contribution in [0.15, 0.2) is 29.2 Å². The quantitative estimate of drug-likeness (QED) is 0.839. The number of piperidine rings is 1. The summed E-state index contributed by atoms with van der Waals surface area (Å²) < 4.78 is 27.2. The molecule has 2 amide bonds. The topological polar surface area (TPSA) is 101 Å². The van der Waals surface area contributed by atoms with Crippen LogP contribution >= 0.6 is 0 Å². The Morgan fingerprint density at radius 2 is 1.56 bits per heavy atom. The van der Waals surface area contributed by atoms with Gasteiger partial charge in [0.2, 0.25) is 15.9 Å². The Morgan fingerprint density at radius 1 is 0.926 bits per heavy atom. The Hall–Kier alpha value is -1.93. The van der Waals surface area contributed by atoms with Crippen LogP contribution in [0.2, 0.25) is 0 Å². The fourth-order valence-electron chi connectivity index (χ4n) is 3.78. The smallest absolute Gasteiger partial charge is 0.253 e. The zero-order valence-electron chi connectivity index (χ0n) is 15.5. The summed E-state index contributed by atoms with van der Waals surface area (Å²) in [4.78, 5) is 25.9. The molecule has 1 aromatic carbocycles. The van der Waals surface area contributed by atoms with Crippen molar-refractivity contribution in [1.82, 2.24) is 9.21 Å². The van der Waals surface area contributed by atoms with Crippen LogP contribution in [-0.2, 0) is 14.8 Å². The summed E-state index contributed by atoms with van der Waals surface area (Å²) in [6.07, 6.45) is 5.31. The fourth-order valence-corrected chi connectivity index (χ4v) is 5.29. The number of amides is 2. The number of hydrogen-bond acceptors (Lipinski definition) is 4. The number of likely N-dealkylation sites (tertiary alicyclic amines) is 1. The van der Waals surface area contributed by atoms with Gasteiger partial charge in [0.1, 0.15) is 0 Å². The van der Waals surface area contributed by atoms with E-state index in [0.717, 1.165) is 32.1 Å². The second-order valence-electron chi connectivity index (χ2n) is 7.34. The van der Waals surface area contributed by atoms with Gasteiger partial charge in [0.25, 0.3) is 5.91 Å². The van der Waals surface area contributed by atoms with E-state index >= 15 is 0 Å². The van der Waals surface area contributed by atoms with E-state index in [1.54, 1.807) is 21.3 Å². The number of nitrogens with zero attached hydrogens (tertiary/aromatic N) is 2. The number of hydrogen-bond donors (Lipinski definition) is 1. The summed E-state index contributed by atoms with van der Waals surface area (Å²) in [7, 11) is -3.53. The molecule has 2 saturated heterocycles. The molecule has 2 fully saturated rings. The number of carbonyl (C=O) groups is 2. The fraction of sp³-hybridized carbons (Fsp3) is 0.579. The molecule has 0 aromatic heterocycles. The molecule has 2 N–H and O–H groups in total. The minimum absolute atomic E-state index is 0.195. The summed E-state index contributed by atoms with van der Waals surface area (Å²) in [6, 6.07) is 6.12. The van der Waals surface area contributed by atoms with Gasteiger partial charge >= 0.3 is 0 Å². The van der Waals surface area contributed by atoms with E-state index in [4.69, 9.17) is 5.73 Å². The monoisotopic (exact) mass is 393 g/mol. The minimum atomic E-state index is -3.53. The van der Waals surface area contributed by atoms with Gasteiger partial charge in [-0.3, -0.25) is 9.59 Å². The second-order valence-corrected chi connectivity index (χ2v) is 9.27. The standard InChI is InChI=1S/C19H27N3O4S/c20-18(23)16-6-5-11-21(14-16)19(24)15-7-9-17(10-8-15)27(25,26)22-12-3-1-2-4-13-22/h7-10,16H,1-6,11-14H2,(H2,20,23). The highest BCUT2D eigenvalue weighted by Gasteiger charge is 2.29. The van der Waals surface area contributed by atoms with Crippen LogP contribution in [0, 0.1) is 5.92 Å². The molecule has 1 atom stereocenters. The second kappa shape index (κ2) is 8.39. The first-order valence-corrected chi connectivity index (χ1v) is 11.0. The molecule has 0 spiro atoms. The normalized spacial score (nSPS) is 22.2. The van der Waals surface area contributed by atoms with E-state index in [-0.39, 0.29) is 22.6 Å². The summed E-state index contributed by atoms with van der Waals surface area (Å²) in [5.74, 6) is -0.892. The van der Waals surface area contributed by atoms with Crippen molar-refractivity contribution in [1.29, 1.82) is 0 Å². The average Bonchev–Trinajstić information content (AvgIpc) is 2.98. The lowest BCUT2D eigenvalue weighted by Crippen LogP contribution is -2.44. The highest BCUT2D eigenvalue weighted by molar-refractivity contribution is 7.89. The largest absolute Gasteiger partial charge is 0.369 e. The van der Waals surface area contributed by atoms with E-state index in [1.807, 2.05) is 0 Å². The summed E-state index contributed by atoms with van der Waals surface area (Å²) in [5, 5.41) is 0. The number of primary amides is 1. The van der Waals surface area contributed by atoms with Crippen LogP contribution in [0.25, 0.3) is 0 Å². The lowest BCUT2D eigenvalue weighted by atomic mass is 9.97. The average molecular weight is 394 g/mol. The molecule has 0 radical (unpaired) electrons. The Bertz CT molecular complexity index is 784. The van der Waals surface area contributed by atoms with Crippen LogP contribution in [-0.4, -0.2) is 55.6 Å². The van der Waals surface area contributed by atoms with E-state index in [0.29, 0.717) is 38.2 Å². The van der Waals surface area contributed by atoms with Crippen LogP contribution in [0.4, 0.5) is 0 Å². The predicted octanol–water partition coefficient (Wildman–Crippen LogP) is 1.59. The van der Waals surface area contributed by atoms with Crippen LogP contribution < -0.4 is 5.73 Å². The van der Waals surface area contributed by atoms with Crippen molar-refractivity contribution in [3.05, 3.63) is 29.8 Å². The van der Waals surface area contributed by atoms with Crippen LogP contribution in [0.1, 0.15) is 48.9 Å². The molecule has 0 bridgehead atoms. The Labute approximate surface area is 160 Å². The maximum absolute atomic E-state index is 12.8. The zero-order valence-corrected chi connectivity index (χ0v) is 16.3. The Balaban J connectivity index is 1.72. The van der Waals surface area contributed by atoms with E-state index in [1.165, 1.54) is 12.1 Å². The van der Waals surface area contributed by atoms with E-state index < -0.39 is 10.0 Å². The third-order valence-electron chi connectivity index (χ3n) is 5.42. The van der Waals surface area contributed by atoms with Crippen molar-refractivity contribution in [3.8, 4) is 0 Å². The first-order valence-electron chi connectivity index (χ1n) is 9.58. The number of rotatable bonds is 4. The van der Waals surface area contributed by atoms with E-state index in [2.05, 4.69) is 0 Å². The molecular formula is C19H27N3O4S. The molecule has 3 rings (SSSR count). The molecule has 2 heterocycles. The first kappa shape index (κ1) is 19.8. The SMILES string of the molecule is NC(=O)C1CCCN(C(=O)c2ccc(S(=O)(=O)N3CCCCCC3)cc2)C1. The maximum Gasteiger partial charge on any atom is 0.253 e. The van der Waals surface area contributed by atoms with Crippen LogP contribution in [0.3, 0.4) is 0 Å². The number of benzene rings is 1. The van der Waals surface area contributed by atoms with Gasteiger partial charge in [0, 0.05) is 31.7 Å². The van der Waals surface area contributed by atoms with Crippen molar-refractivity contribution in [2.75, 3.05) is 26.2 Å². The van der Waals surface area contributed by atoms with Crippen molar-refractivity contribution in [2.24, 2.45) is 11.7 Å². The molecular weight excluding hydrogens is 366 g/mol. The summed E-state index contributed by atoms with van der Waals surface area (Å²) >= 11 is 0. The Kier molecular flexibility index (Phi) is 6.16. The molecule has 1 unspecified atom stereocenters. The maximum atomic E-state index is 12.8. The molecule has 148 valence electrons. The summed E-state index contributed by atoms with van der Waals surface area (Å²) in [5.41, 5.74) is 5.80. The number of sulfonamides is 1. The van der Waals surface area contributed by atoms with Gasteiger partial charge in [0.15, 0.2) is 0 Å². The van der Waals surface area contributed by atoms with Crippen molar-refractivity contribution in [3.63, 3.8) is 0 Å². The zero-order chi connectivity index (χ0) is 19.4. The summed E-state index contributed by atoms with van der Waals surface area (Å²) in [6.45, 7) is 2.00. The highest BCUT2D eigenvalue weighted by atomic mass is 32.2. The minimum Gasteiger partial charge on any atom is -0.369 e. The number of carbonyl (C=O) groups excluding carboxylic acids is 2. The number of nitrogens with two attached hydrogens (primary N) is 1. The van der Waals surface area contributed by atoms with Gasteiger partial charge in [-0.2, -0.15) is 4.31 Å². The predicted molar refractivity (Wildman–Crippen MR) is 101 cm³/mol. The van der Waals surface area contributed by atoms with Gasteiger partial charge in [-0.15, -0.1) is 0 Å². The molecule has 0 saturated carbocycles. The molecule has 1 aromatic rings. The molecule has 27 heavy (non-hydrogen) atoms. The molecule has 0 aliphatic carbocycles. The highest BCUT2D eigenvalue weighted by Crippen LogP contribution is 2.22. The van der Waals surface area contributed by atoms with Crippen molar-refractivity contribution >= 4 is 21.8 Å². The lowest BCUT2D eigenvalue weighted by Gasteiger charge is -2.31. The van der Waals surface area contributed by atoms with Gasteiger partial charge in [0.05, 0.1) is 10.8 Å². The lowest BCUT2D eigenvalue weighted by molar-refractivity contribution is -0.123. The van der Waals surface area contributed by atoms with E-state index in [9.17, 15) is 18.0 Å². The molecule has 2 aliphatic heterocycles. The van der Waals surface area contributed by atoms with Crippen LogP contribution in [0.5, 0.6) is 0 Å².